The van der Waals surface area contributed by atoms with Crippen LogP contribution in [0.2, 0.25) is 0 Å². The first kappa shape index (κ1) is 12.3. The minimum atomic E-state index is -0.461. The topological polar surface area (TPSA) is 43.8 Å². The zero-order chi connectivity index (χ0) is 13.0. The second-order valence-corrected chi connectivity index (χ2v) is 3.88. The highest BCUT2D eigenvalue weighted by Crippen LogP contribution is 2.12. The summed E-state index contributed by atoms with van der Waals surface area (Å²) in [5.41, 5.74) is 6.60. The zero-order valence-corrected chi connectivity index (χ0v) is 10.1. The second kappa shape index (κ2) is 5.48. The fraction of sp³-hybridized carbons (Fsp3) is 0.214. The Bertz CT molecular complexity index is 578. The van der Waals surface area contributed by atoms with Gasteiger partial charge in [-0.1, -0.05) is 37.0 Å². The molecule has 1 heterocycles. The minimum Gasteiger partial charge on any atom is -0.318 e. The van der Waals surface area contributed by atoms with Crippen molar-refractivity contribution in [3.8, 4) is 17.5 Å². The third kappa shape index (κ3) is 2.58. The summed E-state index contributed by atoms with van der Waals surface area (Å²) >= 11 is 0. The summed E-state index contributed by atoms with van der Waals surface area (Å²) in [6, 6.07) is 8.86. The smallest absolute Gasteiger partial charge is 0.232 e. The van der Waals surface area contributed by atoms with Crippen molar-refractivity contribution in [2.75, 3.05) is 0 Å². The van der Waals surface area contributed by atoms with Crippen molar-refractivity contribution in [1.82, 2.24) is 9.78 Å². The summed E-state index contributed by atoms with van der Waals surface area (Å²) in [5.74, 6) is 5.05. The molecular weight excluding hydrogens is 229 g/mol. The Morgan fingerprint density at radius 1 is 1.39 bits per heavy atom. The molecule has 0 aliphatic carbocycles. The summed E-state index contributed by atoms with van der Waals surface area (Å²) in [6.45, 7) is 1.93. The molecule has 2 N–H and O–H groups in total. The van der Waals surface area contributed by atoms with E-state index >= 15 is 0 Å². The SMILES string of the molecule is CCC(N)C#Cc1cnn(-c2ccccc2)c1F. The van der Waals surface area contributed by atoms with Crippen LogP contribution >= 0.6 is 0 Å². The standard InChI is InChI=1S/C14H14FN3/c1-2-12(16)9-8-11-10-17-18(14(11)15)13-6-4-3-5-7-13/h3-7,10,12H,2,16H2,1H3. The number of hydrogen-bond donors (Lipinski definition) is 1. The first-order chi connectivity index (χ1) is 8.72. The van der Waals surface area contributed by atoms with Crippen LogP contribution in [0, 0.1) is 17.8 Å². The van der Waals surface area contributed by atoms with Gasteiger partial charge in [0.1, 0.15) is 0 Å². The zero-order valence-electron chi connectivity index (χ0n) is 10.1. The van der Waals surface area contributed by atoms with Gasteiger partial charge < -0.3 is 5.73 Å². The molecule has 0 bridgehead atoms. The van der Waals surface area contributed by atoms with Crippen molar-refractivity contribution in [3.05, 3.63) is 48.0 Å². The Morgan fingerprint density at radius 3 is 2.78 bits per heavy atom. The van der Waals surface area contributed by atoms with Crippen molar-refractivity contribution in [2.24, 2.45) is 5.73 Å². The molecule has 0 aliphatic heterocycles. The average Bonchev–Trinajstić information content (AvgIpc) is 2.78. The fourth-order valence-corrected chi connectivity index (χ4v) is 1.44. The van der Waals surface area contributed by atoms with E-state index in [1.54, 1.807) is 12.1 Å². The van der Waals surface area contributed by atoms with E-state index in [2.05, 4.69) is 16.9 Å². The molecule has 0 saturated heterocycles. The van der Waals surface area contributed by atoms with Gasteiger partial charge in [0.05, 0.1) is 23.5 Å². The first-order valence-electron chi connectivity index (χ1n) is 5.78. The Kier molecular flexibility index (Phi) is 3.75. The van der Waals surface area contributed by atoms with E-state index in [0.29, 0.717) is 5.69 Å². The summed E-state index contributed by atoms with van der Waals surface area (Å²) in [6.07, 6.45) is 2.15. The molecule has 3 nitrogen and oxygen atoms in total. The average molecular weight is 243 g/mol. The van der Waals surface area contributed by atoms with E-state index in [4.69, 9.17) is 5.73 Å². The molecule has 1 aromatic carbocycles. The second-order valence-electron chi connectivity index (χ2n) is 3.88. The van der Waals surface area contributed by atoms with E-state index in [-0.39, 0.29) is 11.6 Å². The van der Waals surface area contributed by atoms with E-state index in [1.807, 2.05) is 25.1 Å². The largest absolute Gasteiger partial charge is 0.318 e. The number of hydrogen-bond acceptors (Lipinski definition) is 2. The Morgan fingerprint density at radius 2 is 2.11 bits per heavy atom. The Hall–Kier alpha value is -2.12. The van der Waals surface area contributed by atoms with Crippen molar-refractivity contribution in [1.29, 1.82) is 0 Å². The van der Waals surface area contributed by atoms with Gasteiger partial charge in [0.25, 0.3) is 0 Å². The highest BCUT2D eigenvalue weighted by molar-refractivity contribution is 5.37. The van der Waals surface area contributed by atoms with E-state index in [9.17, 15) is 4.39 Å². The number of rotatable bonds is 2. The minimum absolute atomic E-state index is 0.232. The maximum absolute atomic E-state index is 14.0. The third-order valence-electron chi connectivity index (χ3n) is 2.54. The van der Waals surface area contributed by atoms with Crippen LogP contribution in [0.3, 0.4) is 0 Å². The quantitative estimate of drug-likeness (QED) is 0.821. The van der Waals surface area contributed by atoms with Crippen LogP contribution in [0.25, 0.3) is 5.69 Å². The molecular formula is C14H14FN3. The molecule has 0 amide bonds. The third-order valence-corrected chi connectivity index (χ3v) is 2.54. The summed E-state index contributed by atoms with van der Waals surface area (Å²) in [5, 5.41) is 3.99. The van der Waals surface area contributed by atoms with Gasteiger partial charge in [0, 0.05) is 0 Å². The van der Waals surface area contributed by atoms with Crippen LogP contribution in [0.15, 0.2) is 36.5 Å². The van der Waals surface area contributed by atoms with Crippen LogP contribution < -0.4 is 5.73 Å². The molecule has 0 saturated carbocycles. The van der Waals surface area contributed by atoms with Crippen LogP contribution in [-0.4, -0.2) is 15.8 Å². The van der Waals surface area contributed by atoms with Crippen LogP contribution in [0.4, 0.5) is 4.39 Å². The number of aromatic nitrogens is 2. The highest BCUT2D eigenvalue weighted by atomic mass is 19.1. The van der Waals surface area contributed by atoms with Crippen molar-refractivity contribution in [3.63, 3.8) is 0 Å². The molecule has 0 fully saturated rings. The molecule has 92 valence electrons. The van der Waals surface area contributed by atoms with E-state index in [1.165, 1.54) is 10.9 Å². The summed E-state index contributed by atoms with van der Waals surface area (Å²) in [4.78, 5) is 0. The molecule has 18 heavy (non-hydrogen) atoms. The van der Waals surface area contributed by atoms with E-state index in [0.717, 1.165) is 6.42 Å². The van der Waals surface area contributed by atoms with Gasteiger partial charge in [0.2, 0.25) is 5.95 Å². The lowest BCUT2D eigenvalue weighted by molar-refractivity contribution is 0.534. The van der Waals surface area contributed by atoms with Gasteiger partial charge in [-0.05, 0) is 18.6 Å². The molecule has 4 heteroatoms. The Balaban J connectivity index is 2.32. The summed E-state index contributed by atoms with van der Waals surface area (Å²) < 4.78 is 15.3. The number of nitrogens with zero attached hydrogens (tertiary/aromatic N) is 2. The number of para-hydroxylation sites is 1. The van der Waals surface area contributed by atoms with Gasteiger partial charge in [-0.2, -0.15) is 9.49 Å². The molecule has 0 radical (unpaired) electrons. The predicted octanol–water partition coefficient (Wildman–Crippen LogP) is 2.10. The van der Waals surface area contributed by atoms with Crippen LogP contribution in [0.5, 0.6) is 0 Å². The van der Waals surface area contributed by atoms with Gasteiger partial charge in [0.15, 0.2) is 0 Å². The monoisotopic (exact) mass is 243 g/mol. The fourth-order valence-electron chi connectivity index (χ4n) is 1.44. The maximum Gasteiger partial charge on any atom is 0.232 e. The van der Waals surface area contributed by atoms with Gasteiger partial charge in [-0.25, -0.2) is 4.68 Å². The number of nitrogens with two attached hydrogens (primary N) is 1. The van der Waals surface area contributed by atoms with Crippen molar-refractivity contribution in [2.45, 2.75) is 19.4 Å². The molecule has 1 unspecified atom stereocenters. The van der Waals surface area contributed by atoms with Gasteiger partial charge in [-0.15, -0.1) is 0 Å². The van der Waals surface area contributed by atoms with Gasteiger partial charge >= 0.3 is 0 Å². The van der Waals surface area contributed by atoms with Crippen LogP contribution in [-0.2, 0) is 0 Å². The Labute approximate surface area is 105 Å². The van der Waals surface area contributed by atoms with Crippen molar-refractivity contribution < 1.29 is 4.39 Å². The molecule has 1 aromatic heterocycles. The first-order valence-corrected chi connectivity index (χ1v) is 5.78. The predicted molar refractivity (Wildman–Crippen MR) is 68.7 cm³/mol. The molecule has 0 spiro atoms. The highest BCUT2D eigenvalue weighted by Gasteiger charge is 2.09. The van der Waals surface area contributed by atoms with Gasteiger partial charge in [-0.3, -0.25) is 0 Å². The number of halogens is 1. The number of benzene rings is 1. The van der Waals surface area contributed by atoms with E-state index < -0.39 is 5.95 Å². The normalized spacial score (nSPS) is 11.7. The van der Waals surface area contributed by atoms with Crippen LogP contribution in [0.1, 0.15) is 18.9 Å². The van der Waals surface area contributed by atoms with Crippen molar-refractivity contribution >= 4 is 0 Å². The molecule has 2 aromatic rings. The maximum atomic E-state index is 14.0. The lowest BCUT2D eigenvalue weighted by Gasteiger charge is -2.00. The molecule has 2 rings (SSSR count). The molecule has 0 aliphatic rings. The molecule has 1 atom stereocenters. The lowest BCUT2D eigenvalue weighted by atomic mass is 10.2. The summed E-state index contributed by atoms with van der Waals surface area (Å²) in [7, 11) is 0. The lowest BCUT2D eigenvalue weighted by Crippen LogP contribution is -2.15.